The van der Waals surface area contributed by atoms with E-state index in [0.29, 0.717) is 17.4 Å². The Bertz CT molecular complexity index is 1520. The predicted octanol–water partition coefficient (Wildman–Crippen LogP) is 18.8. The van der Waals surface area contributed by atoms with Crippen molar-refractivity contribution in [3.8, 4) is 0 Å². The number of quaternary nitrogens is 1. The summed E-state index contributed by atoms with van der Waals surface area (Å²) >= 11 is 0. The maximum atomic E-state index is 12.9. The molecule has 0 aromatic heterocycles. The first kappa shape index (κ1) is 75.7. The van der Waals surface area contributed by atoms with Gasteiger partial charge < -0.3 is 33.3 Å². The van der Waals surface area contributed by atoms with Crippen molar-refractivity contribution < 1.29 is 42.9 Å². The lowest BCUT2D eigenvalue weighted by molar-refractivity contribution is -0.870. The van der Waals surface area contributed by atoms with Gasteiger partial charge in [0, 0.05) is 12.8 Å². The highest BCUT2D eigenvalue weighted by molar-refractivity contribution is 5.70. The van der Waals surface area contributed by atoms with Crippen molar-refractivity contribution in [2.24, 2.45) is 0 Å². The van der Waals surface area contributed by atoms with E-state index in [2.05, 4.69) is 86.8 Å². The van der Waals surface area contributed by atoms with Gasteiger partial charge in [-0.25, -0.2) is 0 Å². The molecule has 0 amide bonds. The molecule has 0 aromatic rings. The zero-order valence-electron chi connectivity index (χ0n) is 52.2. The van der Waals surface area contributed by atoms with Crippen molar-refractivity contribution in [1.82, 2.24) is 0 Å². The van der Waals surface area contributed by atoms with Crippen LogP contribution in [0.3, 0.4) is 0 Å². The van der Waals surface area contributed by atoms with Crippen LogP contribution in [0.15, 0.2) is 72.9 Å². The summed E-state index contributed by atoms with van der Waals surface area (Å²) < 4.78 is 22.7. The molecule has 0 aliphatic carbocycles. The third kappa shape index (κ3) is 62.2. The van der Waals surface area contributed by atoms with Gasteiger partial charge in [-0.2, -0.15) is 0 Å². The molecule has 458 valence electrons. The Labute approximate surface area is 487 Å². The first-order chi connectivity index (χ1) is 38.6. The minimum absolute atomic E-state index is 0.144. The van der Waals surface area contributed by atoms with E-state index in [1.165, 1.54) is 180 Å². The van der Waals surface area contributed by atoms with Crippen molar-refractivity contribution in [2.45, 2.75) is 309 Å². The molecule has 0 rings (SSSR count). The molecule has 0 N–H and O–H groups in total. The minimum Gasteiger partial charge on any atom is -0.545 e. The number of ether oxygens (including phenoxy) is 4. The number of nitrogens with zero attached hydrogens (tertiary/aromatic N) is 1. The normalized spacial score (nSPS) is 13.2. The maximum Gasteiger partial charge on any atom is 0.306 e. The summed E-state index contributed by atoms with van der Waals surface area (Å²) in [6.07, 6.45) is 77.1. The lowest BCUT2D eigenvalue weighted by atomic mass is 10.0. The van der Waals surface area contributed by atoms with Crippen molar-refractivity contribution in [3.05, 3.63) is 72.9 Å². The number of allylic oxidation sites excluding steroid dienone is 12. The molecule has 2 unspecified atom stereocenters. The summed E-state index contributed by atoms with van der Waals surface area (Å²) in [4.78, 5) is 37.3. The van der Waals surface area contributed by atoms with Gasteiger partial charge in [-0.05, 0) is 83.5 Å². The number of hydrogen-bond acceptors (Lipinski definition) is 8. The largest absolute Gasteiger partial charge is 0.545 e. The summed E-state index contributed by atoms with van der Waals surface area (Å²) in [5, 5.41) is 11.8. The van der Waals surface area contributed by atoms with Crippen LogP contribution in [0.1, 0.15) is 296 Å². The zero-order chi connectivity index (χ0) is 57.6. The van der Waals surface area contributed by atoms with E-state index in [9.17, 15) is 19.5 Å². The number of carboxylic acid groups (broad SMARTS) is 1. The molecule has 0 fully saturated rings. The van der Waals surface area contributed by atoms with Gasteiger partial charge in [-0.15, -0.1) is 0 Å². The van der Waals surface area contributed by atoms with E-state index in [-0.39, 0.29) is 38.6 Å². The maximum absolute atomic E-state index is 12.9. The summed E-state index contributed by atoms with van der Waals surface area (Å²) in [7, 11) is 5.92. The van der Waals surface area contributed by atoms with Crippen LogP contribution < -0.4 is 5.11 Å². The lowest BCUT2D eigenvalue weighted by Crippen LogP contribution is -2.44. The highest BCUT2D eigenvalue weighted by atomic mass is 16.7. The Balaban J connectivity index is 3.97. The first-order valence-corrected chi connectivity index (χ1v) is 33.1. The molecule has 0 aromatic carbocycles. The molecule has 0 aliphatic rings. The molecule has 0 aliphatic heterocycles. The Morgan fingerprint density at radius 1 is 0.392 bits per heavy atom. The Kier molecular flexibility index (Phi) is 58.3. The second-order valence-electron chi connectivity index (χ2n) is 23.4. The molecular formula is C70H125NO8. The first-order valence-electron chi connectivity index (χ1n) is 33.1. The number of hydrogen-bond donors (Lipinski definition) is 0. The van der Waals surface area contributed by atoms with Gasteiger partial charge in [-0.3, -0.25) is 9.59 Å². The highest BCUT2D eigenvalue weighted by Gasteiger charge is 2.22. The van der Waals surface area contributed by atoms with Crippen molar-refractivity contribution in [3.63, 3.8) is 0 Å². The van der Waals surface area contributed by atoms with Crippen molar-refractivity contribution in [1.29, 1.82) is 0 Å². The standard InChI is InChI=1S/C70H125NO8/c1-6-8-10-12-14-16-18-20-22-23-24-25-26-27-28-29-30-31-32-33-34-35-36-37-38-39-40-41-42-43-44-45-47-49-51-53-55-57-59-61-68(73)79-66(65-78-70(69(74)75)76-63-62-71(3,4)5)64-77-67(72)60-58-56-54-52-50-48-46-21-19-17-15-13-11-9-7-2/h9,11,15,17-18,20-21,23-24,26-27,46,66,70H,6-8,10,12-14,16,19,22,25,28-45,47-65H2,1-5H3/b11-9-,17-15-,20-18-,24-23-,27-26-,46-21-. The zero-order valence-corrected chi connectivity index (χ0v) is 52.2. The summed E-state index contributed by atoms with van der Waals surface area (Å²) in [6, 6.07) is 0. The number of carbonyl (C=O) groups excluding carboxylic acids is 3. The number of unbranched alkanes of at least 4 members (excludes halogenated alkanes) is 34. The minimum atomic E-state index is -1.63. The fourth-order valence-corrected chi connectivity index (χ4v) is 9.38. The quantitative estimate of drug-likeness (QED) is 0.0195. The second-order valence-corrected chi connectivity index (χ2v) is 23.4. The van der Waals surface area contributed by atoms with Crippen LogP contribution in [-0.4, -0.2) is 82.3 Å². The molecule has 2 atom stereocenters. The Hall–Kier alpha value is -3.27. The summed E-state index contributed by atoms with van der Waals surface area (Å²) in [5.74, 6) is -2.30. The molecule has 0 bridgehead atoms. The summed E-state index contributed by atoms with van der Waals surface area (Å²) in [6.45, 7) is 4.62. The van der Waals surface area contributed by atoms with Gasteiger partial charge in [-0.1, -0.05) is 273 Å². The average Bonchev–Trinajstić information content (AvgIpc) is 3.42. The van der Waals surface area contributed by atoms with E-state index in [1.807, 2.05) is 21.1 Å². The number of carboxylic acids is 1. The number of likely N-dealkylation sites (N-methyl/N-ethyl adjacent to an activating group) is 1. The molecule has 0 saturated heterocycles. The average molecular weight is 1110 g/mol. The third-order valence-corrected chi connectivity index (χ3v) is 14.4. The smallest absolute Gasteiger partial charge is 0.306 e. The van der Waals surface area contributed by atoms with E-state index in [4.69, 9.17) is 18.9 Å². The van der Waals surface area contributed by atoms with E-state index in [0.717, 1.165) is 83.5 Å². The van der Waals surface area contributed by atoms with Crippen LogP contribution in [0, 0.1) is 0 Å². The van der Waals surface area contributed by atoms with Crippen LogP contribution in [-0.2, 0) is 33.3 Å². The van der Waals surface area contributed by atoms with Gasteiger partial charge in [0.15, 0.2) is 12.4 Å². The second kappa shape index (κ2) is 60.8. The van der Waals surface area contributed by atoms with Gasteiger partial charge in [0.2, 0.25) is 0 Å². The summed E-state index contributed by atoms with van der Waals surface area (Å²) in [5.41, 5.74) is 0. The molecule has 9 heteroatoms. The number of esters is 2. The van der Waals surface area contributed by atoms with E-state index < -0.39 is 24.3 Å². The Morgan fingerprint density at radius 3 is 1.08 bits per heavy atom. The van der Waals surface area contributed by atoms with Crippen LogP contribution in [0.2, 0.25) is 0 Å². The molecular weight excluding hydrogens is 983 g/mol. The van der Waals surface area contributed by atoms with E-state index in [1.54, 1.807) is 0 Å². The predicted molar refractivity (Wildman–Crippen MR) is 334 cm³/mol. The van der Waals surface area contributed by atoms with Crippen LogP contribution in [0.5, 0.6) is 0 Å². The fraction of sp³-hybridized carbons (Fsp3) is 0.786. The topological polar surface area (TPSA) is 111 Å². The Morgan fingerprint density at radius 2 is 0.722 bits per heavy atom. The van der Waals surface area contributed by atoms with E-state index >= 15 is 0 Å². The van der Waals surface area contributed by atoms with Gasteiger partial charge in [0.1, 0.15) is 13.2 Å². The monoisotopic (exact) mass is 1110 g/mol. The molecule has 0 heterocycles. The fourth-order valence-electron chi connectivity index (χ4n) is 9.38. The van der Waals surface area contributed by atoms with Gasteiger partial charge in [0.05, 0.1) is 40.3 Å². The van der Waals surface area contributed by atoms with Crippen LogP contribution in [0.4, 0.5) is 0 Å². The molecule has 79 heavy (non-hydrogen) atoms. The lowest BCUT2D eigenvalue weighted by Gasteiger charge is -2.26. The van der Waals surface area contributed by atoms with Gasteiger partial charge in [0.25, 0.3) is 0 Å². The SMILES string of the molecule is CC/C=C\C/C=C\C/C=C\CCCCCCCC(=O)OCC(COC(OCC[N+](C)(C)C)C(=O)[O-])OC(=O)CCCCCCCCCCCCCCCCCCCCCCCCCC/C=C\C/C=C\C/C=C\CCCCCCC. The van der Waals surface area contributed by atoms with Crippen LogP contribution in [0.25, 0.3) is 0 Å². The number of rotatable bonds is 61. The van der Waals surface area contributed by atoms with Crippen molar-refractivity contribution >= 4 is 17.9 Å². The third-order valence-electron chi connectivity index (χ3n) is 14.4. The van der Waals surface area contributed by atoms with Crippen molar-refractivity contribution in [2.75, 3.05) is 47.5 Å². The number of carbonyl (C=O) groups is 3. The number of aliphatic carboxylic acids is 1. The molecule has 0 spiro atoms. The molecule has 0 saturated carbocycles. The molecule has 0 radical (unpaired) electrons. The highest BCUT2D eigenvalue weighted by Crippen LogP contribution is 2.17. The van der Waals surface area contributed by atoms with Crippen LogP contribution >= 0.6 is 0 Å². The van der Waals surface area contributed by atoms with Gasteiger partial charge >= 0.3 is 11.9 Å². The molecule has 9 nitrogen and oxygen atoms in total.